The average Bonchev–Trinajstić information content (AvgIpc) is 2.75. The number of likely N-dealkylation sites (tertiary alicyclic amines) is 1. The maximum atomic E-state index is 5.34. The third kappa shape index (κ3) is 4.76. The molecule has 1 aliphatic rings. The zero-order chi connectivity index (χ0) is 19.2. The highest BCUT2D eigenvalue weighted by Crippen LogP contribution is 2.27. The monoisotopic (exact) mass is 373 g/mol. The van der Waals surface area contributed by atoms with Crippen LogP contribution in [-0.4, -0.2) is 35.1 Å². The lowest BCUT2D eigenvalue weighted by atomic mass is 9.93. The van der Waals surface area contributed by atoms with Crippen LogP contribution in [0.15, 0.2) is 67.0 Å². The molecule has 1 aromatic carbocycles. The van der Waals surface area contributed by atoms with E-state index in [0.29, 0.717) is 5.92 Å². The van der Waals surface area contributed by atoms with Crippen molar-refractivity contribution in [3.05, 3.63) is 89.5 Å². The van der Waals surface area contributed by atoms with Crippen LogP contribution in [-0.2, 0) is 13.0 Å². The molecule has 0 aliphatic carbocycles. The topological polar surface area (TPSA) is 38.2 Å². The first kappa shape index (κ1) is 18.6. The number of hydrogen-bond donors (Lipinski definition) is 0. The molecule has 3 aromatic rings. The summed E-state index contributed by atoms with van der Waals surface area (Å²) < 4.78 is 5.34. The first-order valence-electron chi connectivity index (χ1n) is 10.00. The third-order valence-electron chi connectivity index (χ3n) is 5.43. The van der Waals surface area contributed by atoms with Gasteiger partial charge in [0.25, 0.3) is 0 Å². The summed E-state index contributed by atoms with van der Waals surface area (Å²) in [5.41, 5.74) is 4.90. The lowest BCUT2D eigenvalue weighted by Crippen LogP contribution is -2.34. The Morgan fingerprint density at radius 3 is 2.75 bits per heavy atom. The first-order valence-corrected chi connectivity index (χ1v) is 10.00. The Balaban J connectivity index is 1.44. The molecule has 1 saturated heterocycles. The molecule has 0 amide bonds. The van der Waals surface area contributed by atoms with Crippen LogP contribution >= 0.6 is 0 Å². The van der Waals surface area contributed by atoms with E-state index in [4.69, 9.17) is 9.72 Å². The van der Waals surface area contributed by atoms with Crippen LogP contribution in [0.25, 0.3) is 0 Å². The van der Waals surface area contributed by atoms with Crippen LogP contribution in [0.1, 0.15) is 41.3 Å². The Morgan fingerprint density at radius 1 is 1.04 bits per heavy atom. The standard InChI is InChI=1S/C24H27N3O/c1-28-23-8-2-5-20(16-23)15-22-7-3-9-24(26-22)21-6-4-14-27(18-21)17-19-10-12-25-13-11-19/h2-3,5,7-13,16,21H,4,6,14-15,17-18H2,1H3/t21-/m1/s1. The van der Waals surface area contributed by atoms with Gasteiger partial charge in [-0.1, -0.05) is 18.2 Å². The second-order valence-electron chi connectivity index (χ2n) is 7.51. The minimum atomic E-state index is 0.501. The zero-order valence-electron chi connectivity index (χ0n) is 16.4. The van der Waals surface area contributed by atoms with Gasteiger partial charge in [-0.15, -0.1) is 0 Å². The van der Waals surface area contributed by atoms with E-state index in [-0.39, 0.29) is 0 Å². The number of rotatable bonds is 6. The molecule has 3 heterocycles. The minimum Gasteiger partial charge on any atom is -0.497 e. The zero-order valence-corrected chi connectivity index (χ0v) is 16.4. The van der Waals surface area contributed by atoms with E-state index >= 15 is 0 Å². The molecule has 4 heteroatoms. The van der Waals surface area contributed by atoms with Gasteiger partial charge in [0.1, 0.15) is 5.75 Å². The molecular formula is C24H27N3O. The number of hydrogen-bond acceptors (Lipinski definition) is 4. The van der Waals surface area contributed by atoms with E-state index in [1.165, 1.54) is 29.7 Å². The summed E-state index contributed by atoms with van der Waals surface area (Å²) in [7, 11) is 1.71. The van der Waals surface area contributed by atoms with E-state index in [1.54, 1.807) is 7.11 Å². The Morgan fingerprint density at radius 2 is 1.89 bits per heavy atom. The van der Waals surface area contributed by atoms with Gasteiger partial charge in [-0.2, -0.15) is 0 Å². The number of nitrogens with zero attached hydrogens (tertiary/aromatic N) is 3. The average molecular weight is 374 g/mol. The summed E-state index contributed by atoms with van der Waals surface area (Å²) in [5, 5.41) is 0. The Labute approximate surface area is 167 Å². The van der Waals surface area contributed by atoms with Crippen molar-refractivity contribution in [1.29, 1.82) is 0 Å². The van der Waals surface area contributed by atoms with Crippen molar-refractivity contribution in [2.24, 2.45) is 0 Å². The van der Waals surface area contributed by atoms with Gasteiger partial charge in [-0.25, -0.2) is 0 Å². The SMILES string of the molecule is COc1cccc(Cc2cccc([C@@H]3CCCN(Cc4ccncc4)C3)n2)c1. The van der Waals surface area contributed by atoms with Crippen molar-refractivity contribution in [3.8, 4) is 5.75 Å². The number of piperidine rings is 1. The van der Waals surface area contributed by atoms with Crippen molar-refractivity contribution >= 4 is 0 Å². The van der Waals surface area contributed by atoms with Crippen molar-refractivity contribution < 1.29 is 4.74 Å². The van der Waals surface area contributed by atoms with Crippen LogP contribution < -0.4 is 4.74 Å². The predicted molar refractivity (Wildman–Crippen MR) is 112 cm³/mol. The summed E-state index contributed by atoms with van der Waals surface area (Å²) in [6.45, 7) is 3.21. The van der Waals surface area contributed by atoms with Gasteiger partial charge < -0.3 is 4.74 Å². The molecule has 28 heavy (non-hydrogen) atoms. The normalized spacial score (nSPS) is 17.4. The van der Waals surface area contributed by atoms with E-state index in [0.717, 1.165) is 37.5 Å². The van der Waals surface area contributed by atoms with Gasteiger partial charge in [-0.3, -0.25) is 14.9 Å². The number of aromatic nitrogens is 2. The largest absolute Gasteiger partial charge is 0.497 e. The molecule has 2 aromatic heterocycles. The third-order valence-corrected chi connectivity index (χ3v) is 5.43. The van der Waals surface area contributed by atoms with E-state index in [1.807, 2.05) is 24.5 Å². The highest BCUT2D eigenvalue weighted by Gasteiger charge is 2.22. The van der Waals surface area contributed by atoms with E-state index < -0.39 is 0 Å². The van der Waals surface area contributed by atoms with Gasteiger partial charge in [0.2, 0.25) is 0 Å². The molecule has 0 unspecified atom stereocenters. The fraction of sp³-hybridized carbons (Fsp3) is 0.333. The van der Waals surface area contributed by atoms with Gasteiger partial charge in [0, 0.05) is 49.2 Å². The lowest BCUT2D eigenvalue weighted by molar-refractivity contribution is 0.198. The minimum absolute atomic E-state index is 0.501. The summed E-state index contributed by atoms with van der Waals surface area (Å²) in [6, 6.07) is 18.9. The second kappa shape index (κ2) is 8.98. The molecule has 1 fully saturated rings. The molecule has 0 spiro atoms. The molecule has 0 radical (unpaired) electrons. The summed E-state index contributed by atoms with van der Waals surface area (Å²) in [4.78, 5) is 11.7. The number of benzene rings is 1. The van der Waals surface area contributed by atoms with Crippen LogP contribution in [0.2, 0.25) is 0 Å². The summed E-state index contributed by atoms with van der Waals surface area (Å²) in [5.74, 6) is 1.40. The van der Waals surface area contributed by atoms with E-state index in [2.05, 4.69) is 52.3 Å². The summed E-state index contributed by atoms with van der Waals surface area (Å²) >= 11 is 0. The molecule has 0 bridgehead atoms. The molecule has 0 N–H and O–H groups in total. The molecule has 1 aliphatic heterocycles. The predicted octanol–water partition coefficient (Wildman–Crippen LogP) is 4.46. The van der Waals surface area contributed by atoms with Crippen LogP contribution in [0.4, 0.5) is 0 Å². The molecule has 0 saturated carbocycles. The van der Waals surface area contributed by atoms with E-state index in [9.17, 15) is 0 Å². The maximum Gasteiger partial charge on any atom is 0.119 e. The number of ether oxygens (including phenoxy) is 1. The summed E-state index contributed by atoms with van der Waals surface area (Å²) in [6.07, 6.45) is 7.01. The van der Waals surface area contributed by atoms with Gasteiger partial charge in [0.05, 0.1) is 7.11 Å². The van der Waals surface area contributed by atoms with Gasteiger partial charge in [-0.05, 0) is 66.9 Å². The number of methoxy groups -OCH3 is 1. The Bertz CT molecular complexity index is 897. The number of pyridine rings is 2. The van der Waals surface area contributed by atoms with Crippen LogP contribution in [0.3, 0.4) is 0 Å². The van der Waals surface area contributed by atoms with Crippen molar-refractivity contribution in [2.75, 3.05) is 20.2 Å². The van der Waals surface area contributed by atoms with Gasteiger partial charge in [0.15, 0.2) is 0 Å². The quantitative estimate of drug-likeness (QED) is 0.640. The highest BCUT2D eigenvalue weighted by molar-refractivity contribution is 5.31. The highest BCUT2D eigenvalue weighted by atomic mass is 16.5. The first-order chi connectivity index (χ1) is 13.8. The molecule has 4 nitrogen and oxygen atoms in total. The maximum absolute atomic E-state index is 5.34. The molecule has 4 rings (SSSR count). The van der Waals surface area contributed by atoms with Crippen LogP contribution in [0, 0.1) is 0 Å². The van der Waals surface area contributed by atoms with Crippen molar-refractivity contribution in [2.45, 2.75) is 31.7 Å². The molecular weight excluding hydrogens is 346 g/mol. The van der Waals surface area contributed by atoms with Gasteiger partial charge >= 0.3 is 0 Å². The smallest absolute Gasteiger partial charge is 0.119 e. The Hall–Kier alpha value is -2.72. The molecule has 1 atom stereocenters. The van der Waals surface area contributed by atoms with Crippen molar-refractivity contribution in [3.63, 3.8) is 0 Å². The van der Waals surface area contributed by atoms with Crippen LogP contribution in [0.5, 0.6) is 5.75 Å². The lowest BCUT2D eigenvalue weighted by Gasteiger charge is -2.32. The Kier molecular flexibility index (Phi) is 5.98. The fourth-order valence-electron chi connectivity index (χ4n) is 4.00. The second-order valence-corrected chi connectivity index (χ2v) is 7.51. The fourth-order valence-corrected chi connectivity index (χ4v) is 4.00. The molecule has 144 valence electrons. The van der Waals surface area contributed by atoms with Crippen molar-refractivity contribution in [1.82, 2.24) is 14.9 Å².